The van der Waals surface area contributed by atoms with Gasteiger partial charge < -0.3 is 4.74 Å². The molecule has 3 N–H and O–H groups in total. The molecule has 0 saturated heterocycles. The van der Waals surface area contributed by atoms with Crippen LogP contribution in [0.3, 0.4) is 0 Å². The summed E-state index contributed by atoms with van der Waals surface area (Å²) in [5, 5.41) is 0.669. The van der Waals surface area contributed by atoms with Crippen LogP contribution in [0.5, 0.6) is 5.75 Å². The lowest BCUT2D eigenvalue weighted by atomic mass is 9.98. The first-order valence-electron chi connectivity index (χ1n) is 6.68. The standard InChI is InChI=1S/C15H15ClFN3O/c16-12-3-9-1-2-21-15(9)10(4-12)6-14(20-18)11-5-13(17)8-19-7-11/h3-5,7-8,14,20H,1-2,6,18H2. The third kappa shape index (κ3) is 3.00. The van der Waals surface area contributed by atoms with Gasteiger partial charge in [0, 0.05) is 17.6 Å². The molecule has 0 fully saturated rings. The Kier molecular flexibility index (Phi) is 4.05. The molecule has 0 aliphatic carbocycles. The van der Waals surface area contributed by atoms with Crippen LogP contribution >= 0.6 is 11.6 Å². The summed E-state index contributed by atoms with van der Waals surface area (Å²) in [4.78, 5) is 3.86. The number of hydrogen-bond donors (Lipinski definition) is 2. The Morgan fingerprint density at radius 3 is 3.00 bits per heavy atom. The van der Waals surface area contributed by atoms with Crippen LogP contribution in [0.2, 0.25) is 5.02 Å². The average molecular weight is 308 g/mol. The minimum absolute atomic E-state index is 0.264. The van der Waals surface area contributed by atoms with Gasteiger partial charge in [-0.2, -0.15) is 0 Å². The van der Waals surface area contributed by atoms with Crippen LogP contribution in [0.4, 0.5) is 4.39 Å². The highest BCUT2D eigenvalue weighted by Gasteiger charge is 2.21. The molecule has 0 amide bonds. The van der Waals surface area contributed by atoms with Crippen molar-refractivity contribution in [3.05, 3.63) is 58.1 Å². The fourth-order valence-electron chi connectivity index (χ4n) is 2.61. The van der Waals surface area contributed by atoms with Gasteiger partial charge in [-0.25, -0.2) is 4.39 Å². The maximum absolute atomic E-state index is 13.3. The average Bonchev–Trinajstić information content (AvgIpc) is 2.92. The molecule has 0 bridgehead atoms. The second-order valence-electron chi connectivity index (χ2n) is 5.01. The van der Waals surface area contributed by atoms with Gasteiger partial charge in [-0.15, -0.1) is 0 Å². The van der Waals surface area contributed by atoms with E-state index in [1.54, 1.807) is 6.20 Å². The molecule has 0 radical (unpaired) electrons. The number of nitrogens with one attached hydrogen (secondary N) is 1. The van der Waals surface area contributed by atoms with Crippen LogP contribution < -0.4 is 16.0 Å². The molecule has 1 aromatic carbocycles. The van der Waals surface area contributed by atoms with E-state index in [1.807, 2.05) is 12.1 Å². The molecule has 1 atom stereocenters. The molecule has 0 spiro atoms. The van der Waals surface area contributed by atoms with Gasteiger partial charge in [0.05, 0.1) is 18.8 Å². The van der Waals surface area contributed by atoms with E-state index in [9.17, 15) is 4.39 Å². The molecule has 6 heteroatoms. The Hall–Kier alpha value is -1.69. The molecule has 1 aliphatic rings. The summed E-state index contributed by atoms with van der Waals surface area (Å²) in [6, 6.07) is 4.94. The van der Waals surface area contributed by atoms with Crippen LogP contribution in [0.25, 0.3) is 0 Å². The second-order valence-corrected chi connectivity index (χ2v) is 5.45. The first-order valence-corrected chi connectivity index (χ1v) is 7.06. The van der Waals surface area contributed by atoms with Crippen LogP contribution in [0, 0.1) is 5.82 Å². The zero-order valence-corrected chi connectivity index (χ0v) is 12.0. The molecule has 3 rings (SSSR count). The Balaban J connectivity index is 1.91. The number of benzene rings is 1. The zero-order chi connectivity index (χ0) is 14.8. The van der Waals surface area contributed by atoms with Gasteiger partial charge in [0.2, 0.25) is 0 Å². The Morgan fingerprint density at radius 1 is 1.38 bits per heavy atom. The quantitative estimate of drug-likeness (QED) is 0.673. The Bertz CT molecular complexity index is 665. The molecule has 1 aliphatic heterocycles. The number of ether oxygens (including phenoxy) is 1. The van der Waals surface area contributed by atoms with Crippen molar-refractivity contribution >= 4 is 11.6 Å². The van der Waals surface area contributed by atoms with E-state index < -0.39 is 0 Å². The first kappa shape index (κ1) is 14.3. The van der Waals surface area contributed by atoms with E-state index in [0.29, 0.717) is 23.6 Å². The lowest BCUT2D eigenvalue weighted by molar-refractivity contribution is 0.351. The van der Waals surface area contributed by atoms with E-state index in [2.05, 4.69) is 10.4 Å². The van der Waals surface area contributed by atoms with Crippen molar-refractivity contribution in [2.75, 3.05) is 6.61 Å². The largest absolute Gasteiger partial charge is 0.493 e. The number of hydrazine groups is 1. The molecule has 0 saturated carbocycles. The summed E-state index contributed by atoms with van der Waals surface area (Å²) < 4.78 is 19.0. The Morgan fingerprint density at radius 2 is 2.24 bits per heavy atom. The predicted octanol–water partition coefficient (Wildman–Crippen LogP) is 2.56. The van der Waals surface area contributed by atoms with Crippen LogP contribution in [-0.2, 0) is 12.8 Å². The summed E-state index contributed by atoms with van der Waals surface area (Å²) in [6.07, 6.45) is 4.16. The lowest BCUT2D eigenvalue weighted by Gasteiger charge is -2.18. The smallest absolute Gasteiger partial charge is 0.141 e. The van der Waals surface area contributed by atoms with Crippen LogP contribution in [-0.4, -0.2) is 11.6 Å². The fraction of sp³-hybridized carbons (Fsp3) is 0.267. The number of halogens is 2. The normalized spacial score (nSPS) is 14.6. The molecule has 110 valence electrons. The molecule has 2 aromatic rings. The summed E-state index contributed by atoms with van der Waals surface area (Å²) in [5.74, 6) is 6.09. The molecule has 2 heterocycles. The van der Waals surface area contributed by atoms with Gasteiger partial charge in [0.15, 0.2) is 0 Å². The van der Waals surface area contributed by atoms with Gasteiger partial charge in [0.1, 0.15) is 11.6 Å². The fourth-order valence-corrected chi connectivity index (χ4v) is 2.87. The molecule has 21 heavy (non-hydrogen) atoms. The van der Waals surface area contributed by atoms with Gasteiger partial charge in [-0.05, 0) is 41.3 Å². The summed E-state index contributed by atoms with van der Waals surface area (Å²) >= 11 is 6.15. The number of hydrogen-bond acceptors (Lipinski definition) is 4. The number of pyridine rings is 1. The van der Waals surface area contributed by atoms with Crippen molar-refractivity contribution in [1.29, 1.82) is 0 Å². The van der Waals surface area contributed by atoms with E-state index in [0.717, 1.165) is 29.5 Å². The van der Waals surface area contributed by atoms with E-state index in [-0.39, 0.29) is 11.9 Å². The highest BCUT2D eigenvalue weighted by Crippen LogP contribution is 2.35. The van der Waals surface area contributed by atoms with Crippen molar-refractivity contribution in [2.45, 2.75) is 18.9 Å². The van der Waals surface area contributed by atoms with Crippen LogP contribution in [0.15, 0.2) is 30.6 Å². The minimum atomic E-state index is -0.389. The monoisotopic (exact) mass is 307 g/mol. The molecular formula is C15H15ClFN3O. The summed E-state index contributed by atoms with van der Waals surface area (Å²) in [5.41, 5.74) is 5.45. The number of nitrogens with zero attached hydrogens (tertiary/aromatic N) is 1. The zero-order valence-electron chi connectivity index (χ0n) is 11.3. The van der Waals surface area contributed by atoms with E-state index in [1.165, 1.54) is 6.07 Å². The lowest BCUT2D eigenvalue weighted by Crippen LogP contribution is -2.29. The predicted molar refractivity (Wildman–Crippen MR) is 78.6 cm³/mol. The third-order valence-corrected chi connectivity index (χ3v) is 3.80. The van der Waals surface area contributed by atoms with Crippen molar-refractivity contribution in [3.63, 3.8) is 0 Å². The van der Waals surface area contributed by atoms with E-state index in [4.69, 9.17) is 22.2 Å². The van der Waals surface area contributed by atoms with Crippen molar-refractivity contribution in [3.8, 4) is 5.75 Å². The second kappa shape index (κ2) is 5.97. The van der Waals surface area contributed by atoms with Gasteiger partial charge in [-0.1, -0.05) is 11.6 Å². The van der Waals surface area contributed by atoms with Gasteiger partial charge in [0.25, 0.3) is 0 Å². The first-order chi connectivity index (χ1) is 10.2. The van der Waals surface area contributed by atoms with E-state index >= 15 is 0 Å². The Labute approximate surface area is 127 Å². The number of rotatable bonds is 4. The highest BCUT2D eigenvalue weighted by atomic mass is 35.5. The van der Waals surface area contributed by atoms with Crippen molar-refractivity contribution < 1.29 is 9.13 Å². The third-order valence-electron chi connectivity index (χ3n) is 3.58. The number of nitrogens with two attached hydrogens (primary N) is 1. The molecular weight excluding hydrogens is 293 g/mol. The van der Waals surface area contributed by atoms with Gasteiger partial charge >= 0.3 is 0 Å². The summed E-state index contributed by atoms with van der Waals surface area (Å²) in [7, 11) is 0. The SMILES string of the molecule is NNC(Cc1cc(Cl)cc2c1OCC2)c1cncc(F)c1. The number of fused-ring (bicyclic) bond motifs is 1. The summed E-state index contributed by atoms with van der Waals surface area (Å²) in [6.45, 7) is 0.658. The van der Waals surface area contributed by atoms with Crippen LogP contribution in [0.1, 0.15) is 22.7 Å². The van der Waals surface area contributed by atoms with Crippen molar-refractivity contribution in [1.82, 2.24) is 10.4 Å². The molecule has 1 unspecified atom stereocenters. The maximum Gasteiger partial charge on any atom is 0.141 e. The van der Waals surface area contributed by atoms with Gasteiger partial charge in [-0.3, -0.25) is 16.3 Å². The highest BCUT2D eigenvalue weighted by molar-refractivity contribution is 6.30. The maximum atomic E-state index is 13.3. The minimum Gasteiger partial charge on any atom is -0.493 e. The topological polar surface area (TPSA) is 60.2 Å². The molecule has 1 aromatic heterocycles. The van der Waals surface area contributed by atoms with Crippen molar-refractivity contribution in [2.24, 2.45) is 5.84 Å². The molecule has 4 nitrogen and oxygen atoms in total. The number of aromatic nitrogens is 1.